The van der Waals surface area contributed by atoms with Crippen LogP contribution in [0.4, 0.5) is 4.79 Å². The Labute approximate surface area is 121 Å². The monoisotopic (exact) mass is 275 g/mol. The lowest BCUT2D eigenvalue weighted by Gasteiger charge is -2.26. The van der Waals surface area contributed by atoms with Crippen molar-refractivity contribution in [1.82, 2.24) is 4.90 Å². The number of nitrogens with zero attached hydrogens (tertiary/aromatic N) is 1. The van der Waals surface area contributed by atoms with E-state index in [-0.39, 0.29) is 11.7 Å². The van der Waals surface area contributed by atoms with Crippen LogP contribution in [-0.4, -0.2) is 23.1 Å². The highest BCUT2D eigenvalue weighted by molar-refractivity contribution is 5.70. The Morgan fingerprint density at radius 3 is 2.30 bits per heavy atom. The summed E-state index contributed by atoms with van der Waals surface area (Å²) in [5.41, 5.74) is 2.14. The standard InChI is InChI=1S/C17H25NO2/c1-4-10-17(11-5-2)13-18(16(19)20-17)12-15-8-6-14(3)7-9-15/h6-9H,4-5,10-13H2,1-3H3. The molecule has 110 valence electrons. The molecule has 0 atom stereocenters. The van der Waals surface area contributed by atoms with Crippen molar-refractivity contribution in [3.05, 3.63) is 35.4 Å². The smallest absolute Gasteiger partial charge is 0.410 e. The van der Waals surface area contributed by atoms with Crippen LogP contribution >= 0.6 is 0 Å². The van der Waals surface area contributed by atoms with Crippen molar-refractivity contribution in [1.29, 1.82) is 0 Å². The van der Waals surface area contributed by atoms with E-state index in [1.165, 1.54) is 5.56 Å². The van der Waals surface area contributed by atoms with Crippen LogP contribution in [0.1, 0.15) is 50.7 Å². The third-order valence-corrected chi connectivity index (χ3v) is 3.95. The Morgan fingerprint density at radius 2 is 1.75 bits per heavy atom. The molecule has 3 heteroatoms. The molecule has 0 N–H and O–H groups in total. The van der Waals surface area contributed by atoms with E-state index in [1.54, 1.807) is 0 Å². The molecular weight excluding hydrogens is 250 g/mol. The van der Waals surface area contributed by atoms with Crippen molar-refractivity contribution in [3.63, 3.8) is 0 Å². The zero-order valence-corrected chi connectivity index (χ0v) is 12.8. The highest BCUT2D eigenvalue weighted by atomic mass is 16.6. The second-order valence-electron chi connectivity index (χ2n) is 5.89. The normalized spacial score (nSPS) is 17.4. The van der Waals surface area contributed by atoms with E-state index in [9.17, 15) is 4.79 Å². The van der Waals surface area contributed by atoms with E-state index in [0.717, 1.165) is 37.8 Å². The lowest BCUT2D eigenvalue weighted by Crippen LogP contribution is -2.34. The zero-order chi connectivity index (χ0) is 14.6. The Morgan fingerprint density at radius 1 is 1.15 bits per heavy atom. The molecule has 3 nitrogen and oxygen atoms in total. The SMILES string of the molecule is CCCC1(CCC)CN(Cc2ccc(C)cc2)C(=O)O1. The first-order chi connectivity index (χ1) is 9.58. The molecule has 1 amide bonds. The van der Waals surface area contributed by atoms with Gasteiger partial charge in [0.15, 0.2) is 0 Å². The fourth-order valence-corrected chi connectivity index (χ4v) is 3.03. The first-order valence-corrected chi connectivity index (χ1v) is 7.62. The Hall–Kier alpha value is -1.51. The second kappa shape index (κ2) is 6.29. The molecule has 1 saturated heterocycles. The number of rotatable bonds is 6. The number of cyclic esters (lactones) is 1. The lowest BCUT2D eigenvalue weighted by atomic mass is 9.92. The van der Waals surface area contributed by atoms with E-state index in [4.69, 9.17) is 4.74 Å². The maximum absolute atomic E-state index is 12.1. The number of benzene rings is 1. The van der Waals surface area contributed by atoms with Gasteiger partial charge in [-0.1, -0.05) is 56.5 Å². The summed E-state index contributed by atoms with van der Waals surface area (Å²) in [5, 5.41) is 0. The Balaban J connectivity index is 2.06. The Kier molecular flexibility index (Phi) is 4.69. The van der Waals surface area contributed by atoms with Gasteiger partial charge in [0.05, 0.1) is 6.54 Å². The average Bonchev–Trinajstić information content (AvgIpc) is 2.70. The highest BCUT2D eigenvalue weighted by Crippen LogP contribution is 2.32. The molecule has 20 heavy (non-hydrogen) atoms. The number of carbonyl (C=O) groups is 1. The van der Waals surface area contributed by atoms with E-state index >= 15 is 0 Å². The largest absolute Gasteiger partial charge is 0.441 e. The summed E-state index contributed by atoms with van der Waals surface area (Å²) in [7, 11) is 0. The predicted octanol–water partition coefficient (Wildman–Crippen LogP) is 4.29. The van der Waals surface area contributed by atoms with E-state index in [2.05, 4.69) is 45.0 Å². The van der Waals surface area contributed by atoms with Gasteiger partial charge in [-0.15, -0.1) is 0 Å². The zero-order valence-electron chi connectivity index (χ0n) is 12.8. The summed E-state index contributed by atoms with van der Waals surface area (Å²) in [6, 6.07) is 8.34. The number of ether oxygens (including phenoxy) is 1. The second-order valence-corrected chi connectivity index (χ2v) is 5.89. The molecule has 1 heterocycles. The minimum Gasteiger partial charge on any atom is -0.441 e. The van der Waals surface area contributed by atoms with Gasteiger partial charge in [-0.2, -0.15) is 0 Å². The molecule has 0 unspecified atom stereocenters. The molecule has 0 radical (unpaired) electrons. The van der Waals surface area contributed by atoms with Gasteiger partial charge in [0, 0.05) is 6.54 Å². The van der Waals surface area contributed by atoms with Crippen LogP contribution in [0.25, 0.3) is 0 Å². The van der Waals surface area contributed by atoms with Crippen molar-refractivity contribution in [2.75, 3.05) is 6.54 Å². The van der Waals surface area contributed by atoms with Gasteiger partial charge in [-0.25, -0.2) is 4.79 Å². The quantitative estimate of drug-likeness (QED) is 0.775. The van der Waals surface area contributed by atoms with Crippen LogP contribution in [0.5, 0.6) is 0 Å². The van der Waals surface area contributed by atoms with E-state index in [0.29, 0.717) is 6.54 Å². The molecule has 0 spiro atoms. The maximum atomic E-state index is 12.1. The minimum absolute atomic E-state index is 0.160. The number of hydrogen-bond donors (Lipinski definition) is 0. The summed E-state index contributed by atoms with van der Waals surface area (Å²) >= 11 is 0. The fourth-order valence-electron chi connectivity index (χ4n) is 3.03. The fraction of sp³-hybridized carbons (Fsp3) is 0.588. The molecule has 0 aliphatic carbocycles. The van der Waals surface area contributed by atoms with Gasteiger partial charge in [-0.05, 0) is 25.3 Å². The van der Waals surface area contributed by atoms with Gasteiger partial charge in [0.1, 0.15) is 5.60 Å². The molecule has 2 rings (SSSR count). The number of aryl methyl sites for hydroxylation is 1. The number of carbonyl (C=O) groups excluding carboxylic acids is 1. The molecule has 0 bridgehead atoms. The Bertz CT molecular complexity index is 447. The number of amides is 1. The van der Waals surface area contributed by atoms with E-state index < -0.39 is 0 Å². The summed E-state index contributed by atoms with van der Waals surface area (Å²) in [6.45, 7) is 7.73. The first kappa shape index (κ1) is 14.9. The van der Waals surface area contributed by atoms with Crippen molar-refractivity contribution in [2.45, 2.75) is 58.6 Å². The van der Waals surface area contributed by atoms with Crippen LogP contribution in [0.3, 0.4) is 0 Å². The van der Waals surface area contributed by atoms with E-state index in [1.807, 2.05) is 4.90 Å². The molecule has 1 aliphatic heterocycles. The first-order valence-electron chi connectivity index (χ1n) is 7.62. The van der Waals surface area contributed by atoms with Crippen LogP contribution in [0.15, 0.2) is 24.3 Å². The van der Waals surface area contributed by atoms with Crippen molar-refractivity contribution in [3.8, 4) is 0 Å². The van der Waals surface area contributed by atoms with Crippen LogP contribution in [-0.2, 0) is 11.3 Å². The molecule has 1 aromatic rings. The lowest BCUT2D eigenvalue weighted by molar-refractivity contribution is 0.0412. The summed E-state index contributed by atoms with van der Waals surface area (Å²) in [6.07, 6.45) is 3.85. The molecule has 0 saturated carbocycles. The number of hydrogen-bond acceptors (Lipinski definition) is 2. The van der Waals surface area contributed by atoms with Gasteiger partial charge in [0.2, 0.25) is 0 Å². The average molecular weight is 275 g/mol. The summed E-state index contributed by atoms with van der Waals surface area (Å²) < 4.78 is 5.73. The van der Waals surface area contributed by atoms with Gasteiger partial charge >= 0.3 is 6.09 Å². The van der Waals surface area contributed by atoms with Crippen LogP contribution in [0.2, 0.25) is 0 Å². The molecular formula is C17H25NO2. The third-order valence-electron chi connectivity index (χ3n) is 3.95. The molecule has 1 aliphatic rings. The van der Waals surface area contributed by atoms with Crippen LogP contribution in [0, 0.1) is 6.92 Å². The predicted molar refractivity (Wildman–Crippen MR) is 80.6 cm³/mol. The van der Waals surface area contributed by atoms with Crippen molar-refractivity contribution >= 4 is 6.09 Å². The maximum Gasteiger partial charge on any atom is 0.410 e. The van der Waals surface area contributed by atoms with Crippen LogP contribution < -0.4 is 0 Å². The van der Waals surface area contributed by atoms with Crippen molar-refractivity contribution < 1.29 is 9.53 Å². The van der Waals surface area contributed by atoms with Gasteiger partial charge in [-0.3, -0.25) is 4.90 Å². The minimum atomic E-state index is -0.259. The van der Waals surface area contributed by atoms with Gasteiger partial charge in [0.25, 0.3) is 0 Å². The molecule has 1 aromatic carbocycles. The molecule has 0 aromatic heterocycles. The summed E-state index contributed by atoms with van der Waals surface area (Å²) in [4.78, 5) is 14.0. The highest BCUT2D eigenvalue weighted by Gasteiger charge is 2.43. The topological polar surface area (TPSA) is 29.5 Å². The summed E-state index contributed by atoms with van der Waals surface area (Å²) in [5.74, 6) is 0. The molecule has 1 fully saturated rings. The van der Waals surface area contributed by atoms with Crippen molar-refractivity contribution in [2.24, 2.45) is 0 Å². The van der Waals surface area contributed by atoms with Gasteiger partial charge < -0.3 is 4.74 Å². The third kappa shape index (κ3) is 3.33.